The molecule has 0 fully saturated rings. The number of carbonyl (C=O) groups excluding carboxylic acids is 1. The Morgan fingerprint density at radius 3 is 2.59 bits per heavy atom. The summed E-state index contributed by atoms with van der Waals surface area (Å²) < 4.78 is 17.7. The lowest BCUT2D eigenvalue weighted by Crippen LogP contribution is -2.05. The fraction of sp³-hybridized carbons (Fsp3) is 0.0588. The second-order valence-electron chi connectivity index (χ2n) is 4.70. The van der Waals surface area contributed by atoms with E-state index >= 15 is 0 Å². The minimum atomic E-state index is -0.507. The van der Waals surface area contributed by atoms with Crippen LogP contribution in [-0.4, -0.2) is 18.1 Å². The first kappa shape index (κ1) is 14.0. The number of methoxy groups -OCH3 is 1. The summed E-state index contributed by atoms with van der Waals surface area (Å²) in [6, 6.07) is 15.1. The van der Waals surface area contributed by atoms with Gasteiger partial charge in [0.2, 0.25) is 0 Å². The minimum absolute atomic E-state index is 0.214. The van der Waals surface area contributed by atoms with Gasteiger partial charge in [0.25, 0.3) is 0 Å². The third-order valence-electron chi connectivity index (χ3n) is 3.23. The summed E-state index contributed by atoms with van der Waals surface area (Å²) in [5.41, 5.74) is 2.31. The van der Waals surface area contributed by atoms with Gasteiger partial charge >= 0.3 is 5.97 Å². The van der Waals surface area contributed by atoms with Crippen molar-refractivity contribution in [1.82, 2.24) is 4.98 Å². The number of ether oxygens (including phenoxy) is 1. The van der Waals surface area contributed by atoms with E-state index < -0.39 is 5.97 Å². The van der Waals surface area contributed by atoms with Crippen LogP contribution in [0.3, 0.4) is 0 Å². The first-order valence-electron chi connectivity index (χ1n) is 6.68. The average molecular weight is 296 g/mol. The Bertz CT molecular complexity index is 832. The number of nitrogens with one attached hydrogen (secondary N) is 1. The zero-order valence-electron chi connectivity index (χ0n) is 11.8. The average Bonchev–Trinajstić information content (AvgIpc) is 2.56. The lowest BCUT2D eigenvalue weighted by atomic mass is 10.1. The van der Waals surface area contributed by atoms with Crippen molar-refractivity contribution in [3.05, 3.63) is 66.1 Å². The van der Waals surface area contributed by atoms with Gasteiger partial charge in [-0.25, -0.2) is 14.2 Å². The summed E-state index contributed by atoms with van der Waals surface area (Å²) in [4.78, 5) is 16.0. The van der Waals surface area contributed by atoms with Crippen LogP contribution in [0.1, 0.15) is 10.5 Å². The van der Waals surface area contributed by atoms with Crippen LogP contribution < -0.4 is 5.32 Å². The lowest BCUT2D eigenvalue weighted by Gasteiger charge is -2.11. The van der Waals surface area contributed by atoms with Crippen LogP contribution in [0.5, 0.6) is 0 Å². The van der Waals surface area contributed by atoms with E-state index in [1.807, 2.05) is 24.3 Å². The molecule has 0 spiro atoms. The number of nitrogens with zero attached hydrogens (tertiary/aromatic N) is 1. The van der Waals surface area contributed by atoms with Crippen LogP contribution in [-0.2, 0) is 4.74 Å². The fourth-order valence-corrected chi connectivity index (χ4v) is 2.18. The molecule has 0 aliphatic rings. The van der Waals surface area contributed by atoms with E-state index in [1.165, 1.54) is 19.2 Å². The molecule has 22 heavy (non-hydrogen) atoms. The number of fused-ring (bicyclic) bond motifs is 1. The number of para-hydroxylation sites is 1. The first-order chi connectivity index (χ1) is 10.7. The number of hydrogen-bond donors (Lipinski definition) is 1. The topological polar surface area (TPSA) is 51.2 Å². The van der Waals surface area contributed by atoms with E-state index in [1.54, 1.807) is 18.2 Å². The first-order valence-corrected chi connectivity index (χ1v) is 6.68. The molecule has 0 saturated heterocycles. The Labute approximate surface area is 126 Å². The van der Waals surface area contributed by atoms with Gasteiger partial charge in [0, 0.05) is 11.1 Å². The van der Waals surface area contributed by atoms with Gasteiger partial charge in [0.05, 0.1) is 18.3 Å². The fourth-order valence-electron chi connectivity index (χ4n) is 2.18. The minimum Gasteiger partial charge on any atom is -0.464 e. The molecule has 0 aliphatic carbocycles. The summed E-state index contributed by atoms with van der Waals surface area (Å²) in [6.07, 6.45) is 0. The van der Waals surface area contributed by atoms with Gasteiger partial charge < -0.3 is 10.1 Å². The van der Waals surface area contributed by atoms with Gasteiger partial charge in [-0.3, -0.25) is 0 Å². The van der Waals surface area contributed by atoms with Gasteiger partial charge in [-0.2, -0.15) is 0 Å². The quantitative estimate of drug-likeness (QED) is 0.745. The number of rotatable bonds is 3. The Balaban J connectivity index is 2.09. The highest BCUT2D eigenvalue weighted by Crippen LogP contribution is 2.26. The predicted molar refractivity (Wildman–Crippen MR) is 82.8 cm³/mol. The molecular weight excluding hydrogens is 283 g/mol. The normalized spacial score (nSPS) is 10.5. The molecule has 0 radical (unpaired) electrons. The molecule has 0 saturated carbocycles. The molecule has 1 aromatic heterocycles. The van der Waals surface area contributed by atoms with Crippen LogP contribution in [0, 0.1) is 5.82 Å². The maximum atomic E-state index is 13.0. The maximum Gasteiger partial charge on any atom is 0.356 e. The molecule has 0 bridgehead atoms. The van der Waals surface area contributed by atoms with Crippen molar-refractivity contribution >= 4 is 28.2 Å². The molecule has 3 rings (SSSR count). The van der Waals surface area contributed by atoms with Gasteiger partial charge in [0.1, 0.15) is 5.82 Å². The van der Waals surface area contributed by atoms with Crippen molar-refractivity contribution < 1.29 is 13.9 Å². The van der Waals surface area contributed by atoms with Crippen molar-refractivity contribution in [3.8, 4) is 0 Å². The molecule has 3 aromatic rings. The van der Waals surface area contributed by atoms with E-state index in [0.717, 1.165) is 5.39 Å². The number of benzene rings is 2. The Kier molecular flexibility index (Phi) is 3.70. The summed E-state index contributed by atoms with van der Waals surface area (Å²) in [7, 11) is 1.31. The van der Waals surface area contributed by atoms with Crippen molar-refractivity contribution in [3.63, 3.8) is 0 Å². The van der Waals surface area contributed by atoms with Gasteiger partial charge in [-0.15, -0.1) is 0 Å². The molecule has 5 heteroatoms. The summed E-state index contributed by atoms with van der Waals surface area (Å²) >= 11 is 0. The zero-order valence-corrected chi connectivity index (χ0v) is 11.8. The Morgan fingerprint density at radius 2 is 1.86 bits per heavy atom. The van der Waals surface area contributed by atoms with Gasteiger partial charge in [0.15, 0.2) is 5.69 Å². The third-order valence-corrected chi connectivity index (χ3v) is 3.23. The second-order valence-corrected chi connectivity index (χ2v) is 4.70. The van der Waals surface area contributed by atoms with Crippen LogP contribution >= 0.6 is 0 Å². The van der Waals surface area contributed by atoms with Crippen molar-refractivity contribution in [1.29, 1.82) is 0 Å². The molecule has 0 atom stereocenters. The van der Waals surface area contributed by atoms with Crippen molar-refractivity contribution in [2.75, 3.05) is 12.4 Å². The van der Waals surface area contributed by atoms with Crippen molar-refractivity contribution in [2.45, 2.75) is 0 Å². The van der Waals surface area contributed by atoms with Crippen LogP contribution in [0.2, 0.25) is 0 Å². The highest BCUT2D eigenvalue weighted by Gasteiger charge is 2.12. The molecule has 0 unspecified atom stereocenters. The van der Waals surface area contributed by atoms with Crippen LogP contribution in [0.15, 0.2) is 54.6 Å². The van der Waals surface area contributed by atoms with Crippen molar-refractivity contribution in [2.24, 2.45) is 0 Å². The number of carbonyl (C=O) groups is 1. The summed E-state index contributed by atoms with van der Waals surface area (Å²) in [5.74, 6) is -0.812. The van der Waals surface area contributed by atoms with E-state index in [4.69, 9.17) is 4.74 Å². The largest absolute Gasteiger partial charge is 0.464 e. The molecule has 1 heterocycles. The highest BCUT2D eigenvalue weighted by atomic mass is 19.1. The highest BCUT2D eigenvalue weighted by molar-refractivity contribution is 5.98. The summed E-state index contributed by atoms with van der Waals surface area (Å²) in [5, 5.41) is 4.04. The van der Waals surface area contributed by atoms with Gasteiger partial charge in [-0.05, 0) is 36.4 Å². The number of aromatic nitrogens is 1. The number of esters is 1. The molecule has 1 N–H and O–H groups in total. The lowest BCUT2D eigenvalue weighted by molar-refractivity contribution is 0.0594. The third kappa shape index (κ3) is 2.74. The SMILES string of the molecule is COC(=O)c1cc(Nc2ccc(F)cc2)c2ccccc2n1. The standard InChI is InChI=1S/C17H13FN2O2/c1-22-17(21)16-10-15(13-4-2-3-5-14(13)20-16)19-12-8-6-11(18)7-9-12/h2-10H,1H3,(H,19,20). The summed E-state index contributed by atoms with van der Waals surface area (Å²) in [6.45, 7) is 0. The number of halogens is 1. The van der Waals surface area contributed by atoms with E-state index in [2.05, 4.69) is 10.3 Å². The van der Waals surface area contributed by atoms with Crippen LogP contribution in [0.25, 0.3) is 10.9 Å². The number of anilines is 2. The maximum absolute atomic E-state index is 13.0. The molecule has 0 aliphatic heterocycles. The molecule has 0 amide bonds. The van der Waals surface area contributed by atoms with E-state index in [9.17, 15) is 9.18 Å². The Hall–Kier alpha value is -2.95. The second kappa shape index (κ2) is 5.81. The molecule has 110 valence electrons. The smallest absolute Gasteiger partial charge is 0.356 e. The van der Waals surface area contributed by atoms with Gasteiger partial charge in [-0.1, -0.05) is 18.2 Å². The zero-order chi connectivity index (χ0) is 15.5. The van der Waals surface area contributed by atoms with E-state index in [0.29, 0.717) is 16.9 Å². The monoisotopic (exact) mass is 296 g/mol. The van der Waals surface area contributed by atoms with E-state index in [-0.39, 0.29) is 11.5 Å². The molecule has 4 nitrogen and oxygen atoms in total. The van der Waals surface area contributed by atoms with Crippen LogP contribution in [0.4, 0.5) is 15.8 Å². The number of hydrogen-bond acceptors (Lipinski definition) is 4. The Morgan fingerprint density at radius 1 is 1.14 bits per heavy atom. The number of pyridine rings is 1. The predicted octanol–water partition coefficient (Wildman–Crippen LogP) is 3.90. The molecular formula is C17H13FN2O2. The molecule has 2 aromatic carbocycles.